The molecule has 2 aromatic heterocycles. The Morgan fingerprint density at radius 1 is 1.09 bits per heavy atom. The normalized spacial score (nSPS) is 15.9. The fraction of sp³-hybridized carbons (Fsp3) is 0.346. The topological polar surface area (TPSA) is 81.5 Å². The highest BCUT2D eigenvalue weighted by atomic mass is 32.1. The molecule has 1 saturated heterocycles. The van der Waals surface area contributed by atoms with Crippen molar-refractivity contribution in [3.05, 3.63) is 59.8 Å². The zero-order valence-corrected chi connectivity index (χ0v) is 21.0. The molecule has 2 aromatic carbocycles. The Balaban J connectivity index is 1.29. The van der Waals surface area contributed by atoms with Crippen LogP contribution in [0.3, 0.4) is 0 Å². The fourth-order valence-corrected chi connectivity index (χ4v) is 5.43. The summed E-state index contributed by atoms with van der Waals surface area (Å²) in [4.78, 5) is 20.1. The first-order chi connectivity index (χ1) is 17.1. The molecule has 4 aromatic rings. The van der Waals surface area contributed by atoms with Gasteiger partial charge in [0, 0.05) is 19.6 Å². The van der Waals surface area contributed by atoms with Crippen molar-refractivity contribution in [3.8, 4) is 17.2 Å². The lowest BCUT2D eigenvalue weighted by atomic mass is 9.97. The second kappa shape index (κ2) is 9.95. The van der Waals surface area contributed by atoms with Crippen LogP contribution in [0, 0.1) is 12.8 Å². The summed E-state index contributed by atoms with van der Waals surface area (Å²) < 4.78 is 13.4. The fourth-order valence-electron chi connectivity index (χ4n) is 4.40. The van der Waals surface area contributed by atoms with Gasteiger partial charge < -0.3 is 19.7 Å². The number of aryl methyl sites for hydroxylation is 1. The van der Waals surface area contributed by atoms with Crippen LogP contribution in [0.2, 0.25) is 0 Å². The van der Waals surface area contributed by atoms with E-state index >= 15 is 0 Å². The summed E-state index contributed by atoms with van der Waals surface area (Å²) in [6.45, 7) is 4.08. The van der Waals surface area contributed by atoms with Gasteiger partial charge in [-0.05, 0) is 61.7 Å². The number of aromatic nitrogens is 3. The van der Waals surface area contributed by atoms with Crippen molar-refractivity contribution in [3.63, 3.8) is 0 Å². The molecule has 0 bridgehead atoms. The maximum Gasteiger partial charge on any atom is 0.225 e. The summed E-state index contributed by atoms with van der Waals surface area (Å²) in [6.07, 6.45) is 1.84. The number of nitrogens with one attached hydrogen (secondary N) is 1. The third kappa shape index (κ3) is 4.81. The number of fused-ring (bicyclic) bond motifs is 1. The monoisotopic (exact) mass is 491 g/mol. The summed E-state index contributed by atoms with van der Waals surface area (Å²) >= 11 is 1.64. The minimum absolute atomic E-state index is 0.0619. The lowest BCUT2D eigenvalue weighted by Crippen LogP contribution is -2.43. The number of carbonyl (C=O) groups excluding carboxylic acids is 1. The number of anilines is 1. The Bertz CT molecular complexity index is 1310. The van der Waals surface area contributed by atoms with E-state index in [9.17, 15) is 4.79 Å². The number of ether oxygens (including phenoxy) is 2. The zero-order valence-electron chi connectivity index (χ0n) is 20.2. The minimum atomic E-state index is -0.0619. The van der Waals surface area contributed by atoms with Crippen LogP contribution in [-0.4, -0.2) is 48.0 Å². The van der Waals surface area contributed by atoms with Gasteiger partial charge in [0.1, 0.15) is 11.5 Å². The predicted octanol–water partition coefficient (Wildman–Crippen LogP) is 4.34. The van der Waals surface area contributed by atoms with Crippen LogP contribution in [0.1, 0.15) is 24.1 Å². The van der Waals surface area contributed by atoms with Gasteiger partial charge in [-0.2, -0.15) is 10.1 Å². The van der Waals surface area contributed by atoms with Gasteiger partial charge in [-0.15, -0.1) is 0 Å². The molecule has 1 aliphatic rings. The Labute approximate surface area is 208 Å². The van der Waals surface area contributed by atoms with Gasteiger partial charge in [0.25, 0.3) is 0 Å². The molecule has 0 saturated carbocycles. The molecule has 1 fully saturated rings. The van der Waals surface area contributed by atoms with E-state index in [0.29, 0.717) is 13.1 Å². The molecule has 0 unspecified atom stereocenters. The molecular formula is C26H29N5O3S. The van der Waals surface area contributed by atoms with Gasteiger partial charge in [0.15, 0.2) is 10.8 Å². The summed E-state index contributed by atoms with van der Waals surface area (Å²) in [5.74, 6) is 1.64. The zero-order chi connectivity index (χ0) is 24.4. The van der Waals surface area contributed by atoms with Crippen LogP contribution in [0.4, 0.5) is 5.13 Å². The highest BCUT2D eigenvalue weighted by Gasteiger charge is 2.28. The second-order valence-corrected chi connectivity index (χ2v) is 9.67. The molecule has 1 aliphatic heterocycles. The van der Waals surface area contributed by atoms with E-state index in [1.54, 1.807) is 25.6 Å². The molecule has 182 valence electrons. The van der Waals surface area contributed by atoms with Crippen molar-refractivity contribution in [2.45, 2.75) is 26.3 Å². The largest absolute Gasteiger partial charge is 0.497 e. The van der Waals surface area contributed by atoms with Crippen molar-refractivity contribution < 1.29 is 14.3 Å². The van der Waals surface area contributed by atoms with E-state index in [1.165, 1.54) is 0 Å². The van der Waals surface area contributed by atoms with Gasteiger partial charge in [-0.25, -0.2) is 4.68 Å². The van der Waals surface area contributed by atoms with Gasteiger partial charge in [-0.3, -0.25) is 4.79 Å². The number of hydrogen-bond donors (Lipinski definition) is 1. The number of methoxy groups -OCH3 is 2. The molecule has 5 rings (SSSR count). The number of thiazole rings is 1. The number of nitrogens with zero attached hydrogens (tertiary/aromatic N) is 4. The van der Waals surface area contributed by atoms with Gasteiger partial charge in [0.05, 0.1) is 36.2 Å². The molecule has 3 heterocycles. The maximum atomic E-state index is 12.9. The maximum absolute atomic E-state index is 12.9. The Morgan fingerprint density at radius 3 is 2.46 bits per heavy atom. The number of piperidine rings is 1. The summed E-state index contributed by atoms with van der Waals surface area (Å²) in [5.41, 5.74) is 3.79. The lowest BCUT2D eigenvalue weighted by molar-refractivity contribution is -0.125. The molecule has 9 heteroatoms. The van der Waals surface area contributed by atoms with E-state index < -0.39 is 0 Å². The number of amides is 1. The van der Waals surface area contributed by atoms with Crippen molar-refractivity contribution >= 4 is 32.7 Å². The van der Waals surface area contributed by atoms with E-state index in [-0.39, 0.29) is 11.8 Å². The predicted molar refractivity (Wildman–Crippen MR) is 138 cm³/mol. The Morgan fingerprint density at radius 2 is 1.77 bits per heavy atom. The van der Waals surface area contributed by atoms with Crippen LogP contribution < -0.4 is 19.7 Å². The highest BCUT2D eigenvalue weighted by molar-refractivity contribution is 7.22. The number of carbonyl (C=O) groups is 1. The molecule has 1 amide bonds. The van der Waals surface area contributed by atoms with Crippen LogP contribution >= 0.6 is 11.3 Å². The molecule has 8 nitrogen and oxygen atoms in total. The van der Waals surface area contributed by atoms with Crippen molar-refractivity contribution in [2.75, 3.05) is 32.2 Å². The van der Waals surface area contributed by atoms with E-state index in [4.69, 9.17) is 19.6 Å². The summed E-state index contributed by atoms with van der Waals surface area (Å²) in [5, 5.41) is 8.74. The van der Waals surface area contributed by atoms with Gasteiger partial charge >= 0.3 is 0 Å². The van der Waals surface area contributed by atoms with Crippen LogP contribution in [0.5, 0.6) is 11.5 Å². The molecule has 0 spiro atoms. The minimum Gasteiger partial charge on any atom is -0.497 e. The summed E-state index contributed by atoms with van der Waals surface area (Å²) in [7, 11) is 3.30. The average molecular weight is 492 g/mol. The smallest absolute Gasteiger partial charge is 0.225 e. The molecule has 0 radical (unpaired) electrons. The third-order valence-electron chi connectivity index (χ3n) is 6.38. The first-order valence-corrected chi connectivity index (χ1v) is 12.5. The van der Waals surface area contributed by atoms with E-state index in [2.05, 4.69) is 10.2 Å². The van der Waals surface area contributed by atoms with Crippen molar-refractivity contribution in [1.29, 1.82) is 0 Å². The lowest BCUT2D eigenvalue weighted by Gasteiger charge is -2.31. The van der Waals surface area contributed by atoms with Crippen molar-refractivity contribution in [1.82, 2.24) is 20.1 Å². The first-order valence-electron chi connectivity index (χ1n) is 11.7. The number of benzene rings is 2. The van der Waals surface area contributed by atoms with Crippen LogP contribution in [0.25, 0.3) is 16.0 Å². The van der Waals surface area contributed by atoms with Gasteiger partial charge in [0.2, 0.25) is 5.91 Å². The van der Waals surface area contributed by atoms with E-state index in [0.717, 1.165) is 63.3 Å². The summed E-state index contributed by atoms with van der Waals surface area (Å²) in [6, 6.07) is 15.6. The Kier molecular flexibility index (Phi) is 6.59. The van der Waals surface area contributed by atoms with Crippen molar-refractivity contribution in [2.24, 2.45) is 5.92 Å². The third-order valence-corrected chi connectivity index (χ3v) is 7.60. The van der Waals surface area contributed by atoms with E-state index in [1.807, 2.05) is 60.1 Å². The quantitative estimate of drug-likeness (QED) is 0.414. The number of rotatable bonds is 7. The SMILES string of the molecule is COc1ccc(CNC(=O)[C@@H]2CCCN(c3nc4c(s3)c(C)nn4-c3ccc(OC)cc3)C2)cc1. The molecule has 35 heavy (non-hydrogen) atoms. The Hall–Kier alpha value is -3.59. The standard InChI is InChI=1S/C26H29N5O3S/c1-17-23-24(31(29-17)20-8-12-22(34-3)13-9-20)28-26(35-23)30-14-4-5-19(16-30)25(32)27-15-18-6-10-21(33-2)11-7-18/h6-13,19H,4-5,14-16H2,1-3H3,(H,27,32)/t19-/m1/s1. The molecule has 1 N–H and O–H groups in total. The first kappa shape index (κ1) is 23.2. The highest BCUT2D eigenvalue weighted by Crippen LogP contribution is 2.34. The van der Waals surface area contributed by atoms with Crippen LogP contribution in [-0.2, 0) is 11.3 Å². The molecule has 0 aliphatic carbocycles. The van der Waals surface area contributed by atoms with Crippen LogP contribution in [0.15, 0.2) is 48.5 Å². The number of hydrogen-bond acceptors (Lipinski definition) is 7. The molecular weight excluding hydrogens is 462 g/mol. The molecule has 1 atom stereocenters. The average Bonchev–Trinajstić information content (AvgIpc) is 3.48. The second-order valence-electron chi connectivity index (χ2n) is 8.70. The van der Waals surface area contributed by atoms with Gasteiger partial charge in [-0.1, -0.05) is 23.5 Å².